The molecule has 0 saturated carbocycles. The van der Waals surface area contributed by atoms with E-state index < -0.39 is 0 Å². The quantitative estimate of drug-likeness (QED) is 0.870. The molecule has 1 N–H and O–H groups in total. The van der Waals surface area contributed by atoms with Crippen molar-refractivity contribution in [2.24, 2.45) is 0 Å². The van der Waals surface area contributed by atoms with E-state index in [9.17, 15) is 0 Å². The fourth-order valence-electron chi connectivity index (χ4n) is 2.19. The van der Waals surface area contributed by atoms with Gasteiger partial charge in [-0.1, -0.05) is 32.9 Å². The summed E-state index contributed by atoms with van der Waals surface area (Å²) < 4.78 is 1.23. The Kier molecular flexibility index (Phi) is 3.98. The SMILES string of the molecule is CC(C)NC1CC(C)Sc2c(Br)cccc21. The molecule has 2 atom stereocenters. The van der Waals surface area contributed by atoms with Crippen LogP contribution in [0.5, 0.6) is 0 Å². The topological polar surface area (TPSA) is 12.0 Å². The van der Waals surface area contributed by atoms with Crippen LogP contribution in [0.3, 0.4) is 0 Å². The van der Waals surface area contributed by atoms with Crippen LogP contribution in [-0.2, 0) is 0 Å². The smallest absolute Gasteiger partial charge is 0.0344 e. The van der Waals surface area contributed by atoms with Crippen molar-refractivity contribution >= 4 is 27.7 Å². The van der Waals surface area contributed by atoms with Crippen molar-refractivity contribution in [1.29, 1.82) is 0 Å². The molecule has 1 nitrogen and oxygen atoms in total. The number of thioether (sulfide) groups is 1. The molecule has 0 saturated heterocycles. The molecule has 0 aromatic heterocycles. The molecule has 1 heterocycles. The first-order valence-corrected chi connectivity index (χ1v) is 7.46. The van der Waals surface area contributed by atoms with E-state index in [0.29, 0.717) is 17.3 Å². The summed E-state index contributed by atoms with van der Waals surface area (Å²) in [5.41, 5.74) is 1.45. The molecular formula is C13H18BrNS. The van der Waals surface area contributed by atoms with E-state index >= 15 is 0 Å². The number of fused-ring (bicyclic) bond motifs is 1. The zero-order valence-electron chi connectivity index (χ0n) is 9.96. The van der Waals surface area contributed by atoms with Gasteiger partial charge in [-0.05, 0) is 34.0 Å². The van der Waals surface area contributed by atoms with E-state index in [2.05, 4.69) is 60.2 Å². The van der Waals surface area contributed by atoms with Crippen LogP contribution < -0.4 is 5.32 Å². The molecule has 16 heavy (non-hydrogen) atoms. The standard InChI is InChI=1S/C13H18BrNS/c1-8(2)15-12-7-9(3)16-13-10(12)5-4-6-11(13)14/h4-6,8-9,12,15H,7H2,1-3H3. The van der Waals surface area contributed by atoms with E-state index in [4.69, 9.17) is 0 Å². The minimum Gasteiger partial charge on any atom is -0.308 e. The molecule has 2 unspecified atom stereocenters. The van der Waals surface area contributed by atoms with Gasteiger partial charge in [0.05, 0.1) is 0 Å². The van der Waals surface area contributed by atoms with Crippen LogP contribution in [0, 0.1) is 0 Å². The minimum absolute atomic E-state index is 0.503. The van der Waals surface area contributed by atoms with Gasteiger partial charge >= 0.3 is 0 Å². The maximum absolute atomic E-state index is 3.66. The maximum Gasteiger partial charge on any atom is 0.0344 e. The second-order valence-corrected chi connectivity index (χ2v) is 7.00. The highest BCUT2D eigenvalue weighted by Gasteiger charge is 2.26. The van der Waals surface area contributed by atoms with E-state index in [1.165, 1.54) is 21.4 Å². The monoisotopic (exact) mass is 299 g/mol. The lowest BCUT2D eigenvalue weighted by molar-refractivity contribution is 0.441. The first kappa shape index (κ1) is 12.5. The van der Waals surface area contributed by atoms with Gasteiger partial charge in [0.15, 0.2) is 0 Å². The van der Waals surface area contributed by atoms with E-state index in [0.717, 1.165) is 0 Å². The van der Waals surface area contributed by atoms with Crippen LogP contribution in [0.4, 0.5) is 0 Å². The van der Waals surface area contributed by atoms with Crippen molar-refractivity contribution < 1.29 is 0 Å². The Balaban J connectivity index is 2.34. The third-order valence-electron chi connectivity index (χ3n) is 2.79. The molecule has 1 aromatic rings. The highest BCUT2D eigenvalue weighted by atomic mass is 79.9. The Bertz CT molecular complexity index is 378. The van der Waals surface area contributed by atoms with Gasteiger partial charge in [-0.25, -0.2) is 0 Å². The second kappa shape index (κ2) is 5.11. The molecule has 3 heteroatoms. The number of benzene rings is 1. The molecule has 88 valence electrons. The summed E-state index contributed by atoms with van der Waals surface area (Å²) in [4.78, 5) is 1.42. The van der Waals surface area contributed by atoms with Crippen LogP contribution in [0.25, 0.3) is 0 Å². The van der Waals surface area contributed by atoms with Crippen molar-refractivity contribution in [3.8, 4) is 0 Å². The van der Waals surface area contributed by atoms with Crippen molar-refractivity contribution in [3.05, 3.63) is 28.2 Å². The van der Waals surface area contributed by atoms with Crippen molar-refractivity contribution in [2.45, 2.75) is 49.4 Å². The fourth-order valence-corrected chi connectivity index (χ4v) is 4.07. The summed E-state index contributed by atoms with van der Waals surface area (Å²) in [5.74, 6) is 0. The molecule has 1 aliphatic rings. The largest absolute Gasteiger partial charge is 0.308 e. The molecule has 0 amide bonds. The summed E-state index contributed by atoms with van der Waals surface area (Å²) in [6.45, 7) is 6.73. The number of halogens is 1. The zero-order valence-corrected chi connectivity index (χ0v) is 12.4. The van der Waals surface area contributed by atoms with Crippen LogP contribution in [0.1, 0.15) is 38.8 Å². The Morgan fingerprint density at radius 3 is 2.88 bits per heavy atom. The average molecular weight is 300 g/mol. The second-order valence-electron chi connectivity index (χ2n) is 4.70. The molecule has 0 spiro atoms. The fraction of sp³-hybridized carbons (Fsp3) is 0.538. The number of rotatable bonds is 2. The third kappa shape index (κ3) is 2.63. The van der Waals surface area contributed by atoms with E-state index in [1.807, 2.05) is 11.8 Å². The van der Waals surface area contributed by atoms with Gasteiger partial charge in [-0.2, -0.15) is 0 Å². The van der Waals surface area contributed by atoms with Crippen molar-refractivity contribution in [1.82, 2.24) is 5.32 Å². The Hall–Kier alpha value is 0.0100. The Labute approximate surface area is 111 Å². The summed E-state index contributed by atoms with van der Waals surface area (Å²) in [6, 6.07) is 7.56. The van der Waals surface area contributed by atoms with Crippen LogP contribution in [0.15, 0.2) is 27.6 Å². The predicted molar refractivity (Wildman–Crippen MR) is 75.1 cm³/mol. The van der Waals surface area contributed by atoms with Crippen molar-refractivity contribution in [3.63, 3.8) is 0 Å². The van der Waals surface area contributed by atoms with Crippen LogP contribution >= 0.6 is 27.7 Å². The molecule has 2 rings (SSSR count). The van der Waals surface area contributed by atoms with Crippen LogP contribution in [-0.4, -0.2) is 11.3 Å². The number of nitrogens with one attached hydrogen (secondary N) is 1. The van der Waals surface area contributed by atoms with Gasteiger partial charge in [0.2, 0.25) is 0 Å². The summed E-state index contributed by atoms with van der Waals surface area (Å²) in [7, 11) is 0. The summed E-state index contributed by atoms with van der Waals surface area (Å²) in [6.07, 6.45) is 1.21. The van der Waals surface area contributed by atoms with Gasteiger partial charge in [0.25, 0.3) is 0 Å². The summed E-state index contributed by atoms with van der Waals surface area (Å²) in [5, 5.41) is 4.34. The average Bonchev–Trinajstić information content (AvgIpc) is 2.18. The lowest BCUT2D eigenvalue weighted by Crippen LogP contribution is -2.32. The normalized spacial score (nSPS) is 24.6. The molecule has 0 fully saturated rings. The van der Waals surface area contributed by atoms with E-state index in [1.54, 1.807) is 0 Å². The first-order chi connectivity index (χ1) is 7.58. The Morgan fingerprint density at radius 2 is 2.19 bits per heavy atom. The lowest BCUT2D eigenvalue weighted by atomic mass is 10.0. The molecular weight excluding hydrogens is 282 g/mol. The van der Waals surface area contributed by atoms with E-state index in [-0.39, 0.29) is 0 Å². The van der Waals surface area contributed by atoms with Gasteiger partial charge in [-0.15, -0.1) is 11.8 Å². The lowest BCUT2D eigenvalue weighted by Gasteiger charge is -2.32. The van der Waals surface area contributed by atoms with Gasteiger partial charge in [0.1, 0.15) is 0 Å². The molecule has 1 aromatic carbocycles. The third-order valence-corrected chi connectivity index (χ3v) is 5.00. The summed E-state index contributed by atoms with van der Waals surface area (Å²) >= 11 is 5.64. The minimum atomic E-state index is 0.503. The van der Waals surface area contributed by atoms with Crippen LogP contribution in [0.2, 0.25) is 0 Å². The number of hydrogen-bond acceptors (Lipinski definition) is 2. The first-order valence-electron chi connectivity index (χ1n) is 5.79. The number of hydrogen-bond donors (Lipinski definition) is 1. The molecule has 1 aliphatic heterocycles. The Morgan fingerprint density at radius 1 is 1.44 bits per heavy atom. The zero-order chi connectivity index (χ0) is 11.7. The maximum atomic E-state index is 3.66. The van der Waals surface area contributed by atoms with Gasteiger partial charge < -0.3 is 5.32 Å². The molecule has 0 radical (unpaired) electrons. The van der Waals surface area contributed by atoms with Gasteiger partial charge in [-0.3, -0.25) is 0 Å². The highest BCUT2D eigenvalue weighted by molar-refractivity contribution is 9.10. The predicted octanol–water partition coefficient (Wildman–Crippen LogP) is 4.37. The molecule has 0 bridgehead atoms. The highest BCUT2D eigenvalue weighted by Crippen LogP contribution is 2.44. The van der Waals surface area contributed by atoms with Gasteiger partial charge in [0, 0.05) is 26.7 Å². The molecule has 0 aliphatic carbocycles. The van der Waals surface area contributed by atoms with Crippen molar-refractivity contribution in [2.75, 3.05) is 0 Å².